The van der Waals surface area contributed by atoms with Crippen LogP contribution in [-0.4, -0.2) is 18.5 Å². The van der Waals surface area contributed by atoms with E-state index in [1.165, 1.54) is 0 Å². The normalized spacial score (nSPS) is 17.6. The fourth-order valence-corrected chi connectivity index (χ4v) is 1.99. The minimum absolute atomic E-state index is 0.352. The van der Waals surface area contributed by atoms with E-state index in [2.05, 4.69) is 10.4 Å². The fraction of sp³-hybridized carbons (Fsp3) is 0.133. The van der Waals surface area contributed by atoms with Crippen LogP contribution in [-0.2, 0) is 0 Å². The summed E-state index contributed by atoms with van der Waals surface area (Å²) >= 11 is 0. The van der Waals surface area contributed by atoms with Crippen molar-refractivity contribution < 1.29 is 9.47 Å². The van der Waals surface area contributed by atoms with Gasteiger partial charge >= 0.3 is 0 Å². The molecule has 0 fully saturated rings. The van der Waals surface area contributed by atoms with Gasteiger partial charge in [-0.15, -0.1) is 0 Å². The van der Waals surface area contributed by atoms with E-state index in [0.29, 0.717) is 18.2 Å². The maximum Gasteiger partial charge on any atom is 0.191 e. The van der Waals surface area contributed by atoms with Gasteiger partial charge in [-0.05, 0) is 24.3 Å². The molecule has 2 aromatic carbocycles. The molecule has 1 atom stereocenters. The fourth-order valence-electron chi connectivity index (χ4n) is 1.99. The van der Waals surface area contributed by atoms with Gasteiger partial charge in [0.1, 0.15) is 6.61 Å². The van der Waals surface area contributed by atoms with Gasteiger partial charge in [-0.1, -0.05) is 30.3 Å². The van der Waals surface area contributed by atoms with Crippen molar-refractivity contribution in [1.29, 1.82) is 0 Å². The molecule has 0 bridgehead atoms. The lowest BCUT2D eigenvalue weighted by atomic mass is 10.2. The summed E-state index contributed by atoms with van der Waals surface area (Å²) < 4.78 is 11.5. The monoisotopic (exact) mass is 269 g/mol. The Labute approximate surface area is 117 Å². The molecule has 0 aromatic heterocycles. The SMILES string of the molecule is NNC(=Nc1ccccc1)C1COc2ccccc2O1. The van der Waals surface area contributed by atoms with E-state index in [-0.39, 0.29) is 6.10 Å². The highest BCUT2D eigenvalue weighted by molar-refractivity contribution is 5.89. The number of para-hydroxylation sites is 3. The first-order valence-corrected chi connectivity index (χ1v) is 6.35. The number of hydrogen-bond acceptors (Lipinski definition) is 4. The molecular formula is C15H15N3O2. The van der Waals surface area contributed by atoms with Gasteiger partial charge in [0.2, 0.25) is 0 Å². The number of benzene rings is 2. The Morgan fingerprint density at radius 2 is 1.75 bits per heavy atom. The van der Waals surface area contributed by atoms with Crippen LogP contribution in [0.15, 0.2) is 59.6 Å². The van der Waals surface area contributed by atoms with Gasteiger partial charge < -0.3 is 14.9 Å². The predicted octanol–water partition coefficient (Wildman–Crippen LogP) is 2.02. The maximum absolute atomic E-state index is 5.86. The number of nitrogens with one attached hydrogen (secondary N) is 1. The van der Waals surface area contributed by atoms with E-state index in [4.69, 9.17) is 15.3 Å². The Kier molecular flexibility index (Phi) is 3.52. The number of rotatable bonds is 2. The molecule has 1 aliphatic rings. The summed E-state index contributed by atoms with van der Waals surface area (Å²) in [6.07, 6.45) is -0.352. The lowest BCUT2D eigenvalue weighted by Crippen LogP contribution is -2.46. The van der Waals surface area contributed by atoms with Gasteiger partial charge in [0.05, 0.1) is 5.69 Å². The smallest absolute Gasteiger partial charge is 0.191 e. The number of nitrogens with zero attached hydrogens (tertiary/aromatic N) is 1. The number of ether oxygens (including phenoxy) is 2. The molecule has 0 spiro atoms. The van der Waals surface area contributed by atoms with Crippen molar-refractivity contribution in [2.75, 3.05) is 6.61 Å². The van der Waals surface area contributed by atoms with E-state index in [1.807, 2.05) is 54.6 Å². The summed E-state index contributed by atoms with van der Waals surface area (Å²) in [5, 5.41) is 0. The highest BCUT2D eigenvalue weighted by atomic mass is 16.6. The standard InChI is InChI=1S/C15H15N3O2/c16-18-15(17-11-6-2-1-3-7-11)14-10-19-12-8-4-5-9-13(12)20-14/h1-9,14H,10,16H2,(H,17,18). The van der Waals surface area contributed by atoms with E-state index >= 15 is 0 Å². The lowest BCUT2D eigenvalue weighted by Gasteiger charge is -2.27. The van der Waals surface area contributed by atoms with Crippen molar-refractivity contribution in [3.63, 3.8) is 0 Å². The van der Waals surface area contributed by atoms with Gasteiger partial charge in [-0.3, -0.25) is 0 Å². The first kappa shape index (κ1) is 12.5. The van der Waals surface area contributed by atoms with Crippen LogP contribution in [0.25, 0.3) is 0 Å². The van der Waals surface area contributed by atoms with Crippen molar-refractivity contribution in [2.24, 2.45) is 10.8 Å². The number of aliphatic imine (C=N–C) groups is 1. The van der Waals surface area contributed by atoms with Crippen LogP contribution in [0.2, 0.25) is 0 Å². The molecule has 3 N–H and O–H groups in total. The predicted molar refractivity (Wildman–Crippen MR) is 77.2 cm³/mol. The average Bonchev–Trinajstić information content (AvgIpc) is 2.53. The first-order chi connectivity index (χ1) is 9.86. The second-order valence-corrected chi connectivity index (χ2v) is 4.34. The van der Waals surface area contributed by atoms with Crippen LogP contribution in [0.4, 0.5) is 5.69 Å². The molecule has 5 nitrogen and oxygen atoms in total. The molecule has 0 amide bonds. The Bertz CT molecular complexity index is 614. The van der Waals surface area contributed by atoms with Gasteiger partial charge in [0, 0.05) is 0 Å². The van der Waals surface area contributed by atoms with E-state index in [0.717, 1.165) is 11.4 Å². The van der Waals surface area contributed by atoms with Crippen LogP contribution in [0.3, 0.4) is 0 Å². The highest BCUT2D eigenvalue weighted by Gasteiger charge is 2.25. The topological polar surface area (TPSA) is 68.9 Å². The third kappa shape index (κ3) is 2.57. The van der Waals surface area contributed by atoms with Crippen LogP contribution in [0.5, 0.6) is 11.5 Å². The number of nitrogens with two attached hydrogens (primary N) is 1. The summed E-state index contributed by atoms with van der Waals surface area (Å²) in [5.41, 5.74) is 3.40. The molecule has 1 unspecified atom stereocenters. The summed E-state index contributed by atoms with van der Waals surface area (Å²) in [6, 6.07) is 17.1. The second kappa shape index (κ2) is 5.63. The van der Waals surface area contributed by atoms with E-state index in [9.17, 15) is 0 Å². The minimum Gasteiger partial charge on any atom is -0.485 e. The zero-order valence-corrected chi connectivity index (χ0v) is 10.8. The average molecular weight is 269 g/mol. The molecule has 1 heterocycles. The molecule has 0 radical (unpaired) electrons. The van der Waals surface area contributed by atoms with Crippen LogP contribution < -0.4 is 20.7 Å². The highest BCUT2D eigenvalue weighted by Crippen LogP contribution is 2.31. The Hall–Kier alpha value is -2.53. The molecule has 1 aliphatic heterocycles. The summed E-state index contributed by atoms with van der Waals surface area (Å²) in [7, 11) is 0. The molecule has 0 saturated heterocycles. The lowest BCUT2D eigenvalue weighted by molar-refractivity contribution is 0.132. The van der Waals surface area contributed by atoms with Gasteiger partial charge in [0.15, 0.2) is 23.4 Å². The number of fused-ring (bicyclic) bond motifs is 1. The third-order valence-electron chi connectivity index (χ3n) is 2.97. The molecule has 0 aliphatic carbocycles. The summed E-state index contributed by atoms with van der Waals surface area (Å²) in [5.74, 6) is 7.52. The van der Waals surface area contributed by atoms with Crippen molar-refractivity contribution in [1.82, 2.24) is 5.43 Å². The van der Waals surface area contributed by atoms with Crippen molar-refractivity contribution in [3.05, 3.63) is 54.6 Å². The minimum atomic E-state index is -0.352. The summed E-state index contributed by atoms with van der Waals surface area (Å²) in [4.78, 5) is 4.45. The number of hydrogen-bond donors (Lipinski definition) is 2. The zero-order chi connectivity index (χ0) is 13.8. The molecular weight excluding hydrogens is 254 g/mol. The Morgan fingerprint density at radius 3 is 2.50 bits per heavy atom. The van der Waals surface area contributed by atoms with E-state index in [1.54, 1.807) is 0 Å². The molecule has 2 aromatic rings. The van der Waals surface area contributed by atoms with Crippen molar-refractivity contribution in [3.8, 4) is 11.5 Å². The Balaban J connectivity index is 1.83. The van der Waals surface area contributed by atoms with E-state index < -0.39 is 0 Å². The van der Waals surface area contributed by atoms with Crippen LogP contribution >= 0.6 is 0 Å². The zero-order valence-electron chi connectivity index (χ0n) is 10.8. The van der Waals surface area contributed by atoms with Crippen LogP contribution in [0, 0.1) is 0 Å². The van der Waals surface area contributed by atoms with Gasteiger partial charge in [-0.2, -0.15) is 0 Å². The summed E-state index contributed by atoms with van der Waals surface area (Å²) in [6.45, 7) is 0.368. The van der Waals surface area contributed by atoms with Crippen LogP contribution in [0.1, 0.15) is 0 Å². The number of hydrazine groups is 1. The molecule has 20 heavy (non-hydrogen) atoms. The first-order valence-electron chi connectivity index (χ1n) is 6.35. The molecule has 3 rings (SSSR count). The van der Waals surface area contributed by atoms with Gasteiger partial charge in [-0.25, -0.2) is 10.8 Å². The van der Waals surface area contributed by atoms with Crippen molar-refractivity contribution >= 4 is 11.5 Å². The second-order valence-electron chi connectivity index (χ2n) is 4.34. The molecule has 5 heteroatoms. The largest absolute Gasteiger partial charge is 0.485 e. The molecule has 0 saturated carbocycles. The Morgan fingerprint density at radius 1 is 1.05 bits per heavy atom. The van der Waals surface area contributed by atoms with Crippen molar-refractivity contribution in [2.45, 2.75) is 6.10 Å². The quantitative estimate of drug-likeness (QED) is 0.379. The maximum atomic E-state index is 5.86. The number of amidine groups is 1. The van der Waals surface area contributed by atoms with Gasteiger partial charge in [0.25, 0.3) is 0 Å². The third-order valence-corrected chi connectivity index (χ3v) is 2.97. The molecule has 102 valence electrons.